The van der Waals surface area contributed by atoms with Gasteiger partial charge in [0.25, 0.3) is 0 Å². The van der Waals surface area contributed by atoms with Crippen molar-refractivity contribution >= 4 is 5.97 Å². The van der Waals surface area contributed by atoms with Crippen LogP contribution in [0.15, 0.2) is 0 Å². The van der Waals surface area contributed by atoms with Gasteiger partial charge < -0.3 is 10.5 Å². The van der Waals surface area contributed by atoms with Gasteiger partial charge in [0, 0.05) is 6.54 Å². The number of carbonyl (C=O) groups is 1. The molecule has 0 heterocycles. The number of nitrogens with two attached hydrogens (primary N) is 1. The summed E-state index contributed by atoms with van der Waals surface area (Å²) in [4.78, 5) is 12.2. The third-order valence-corrected chi connectivity index (χ3v) is 4.17. The number of ether oxygens (including phenoxy) is 1. The minimum absolute atomic E-state index is 0.107. The predicted molar refractivity (Wildman–Crippen MR) is 76.3 cm³/mol. The molecule has 3 nitrogen and oxygen atoms in total. The van der Waals surface area contributed by atoms with Crippen LogP contribution in [0.4, 0.5) is 0 Å². The first-order chi connectivity index (χ1) is 8.60. The van der Waals surface area contributed by atoms with Gasteiger partial charge in [0.15, 0.2) is 0 Å². The second-order valence-electron chi connectivity index (χ2n) is 5.21. The van der Waals surface area contributed by atoms with Gasteiger partial charge in [-0.25, -0.2) is 0 Å². The van der Waals surface area contributed by atoms with Crippen LogP contribution in [0.2, 0.25) is 0 Å². The lowest BCUT2D eigenvalue weighted by molar-refractivity contribution is -0.157. The number of hydrogen-bond acceptors (Lipinski definition) is 3. The van der Waals surface area contributed by atoms with Gasteiger partial charge in [-0.05, 0) is 25.2 Å². The van der Waals surface area contributed by atoms with E-state index in [-0.39, 0.29) is 5.97 Å². The van der Waals surface area contributed by atoms with Gasteiger partial charge in [0.2, 0.25) is 0 Å². The van der Waals surface area contributed by atoms with Gasteiger partial charge in [-0.2, -0.15) is 0 Å². The van der Waals surface area contributed by atoms with Gasteiger partial charge in [-0.1, -0.05) is 47.0 Å². The molecule has 2 N–H and O–H groups in total. The molecule has 1 unspecified atom stereocenters. The number of carbonyl (C=O) groups excluding carboxylic acids is 1. The van der Waals surface area contributed by atoms with Gasteiger partial charge in [0.05, 0.1) is 12.0 Å². The van der Waals surface area contributed by atoms with Crippen LogP contribution in [-0.2, 0) is 9.53 Å². The molecule has 0 aliphatic rings. The molecule has 0 spiro atoms. The lowest BCUT2D eigenvalue weighted by atomic mass is 9.82. The minimum atomic E-state index is -0.469. The third-order valence-electron chi connectivity index (χ3n) is 4.17. The normalized spacial score (nSPS) is 13.4. The molecule has 108 valence electrons. The Morgan fingerprint density at radius 3 is 2.22 bits per heavy atom. The second-order valence-corrected chi connectivity index (χ2v) is 5.21. The quantitative estimate of drug-likeness (QED) is 0.609. The summed E-state index contributed by atoms with van der Waals surface area (Å²) in [6.45, 7) is 9.29. The number of rotatable bonds is 10. The van der Waals surface area contributed by atoms with Crippen molar-refractivity contribution in [2.75, 3.05) is 13.2 Å². The first kappa shape index (κ1) is 17.4. The van der Waals surface area contributed by atoms with Crippen molar-refractivity contribution in [2.45, 2.75) is 66.2 Å². The van der Waals surface area contributed by atoms with Gasteiger partial charge >= 0.3 is 5.97 Å². The van der Waals surface area contributed by atoms with Crippen molar-refractivity contribution in [3.8, 4) is 0 Å². The number of unbranched alkanes of at least 4 members (excludes halogenated alkanes) is 1. The molecular formula is C15H31NO2. The van der Waals surface area contributed by atoms with Crippen LogP contribution in [0.3, 0.4) is 0 Å². The molecule has 0 aromatic rings. The maximum atomic E-state index is 12.2. The fourth-order valence-electron chi connectivity index (χ4n) is 2.16. The maximum absolute atomic E-state index is 12.2. The monoisotopic (exact) mass is 257 g/mol. The summed E-state index contributed by atoms with van der Waals surface area (Å²) in [5.74, 6) is 0.392. The van der Waals surface area contributed by atoms with Crippen LogP contribution in [0.5, 0.6) is 0 Å². The highest BCUT2D eigenvalue weighted by Crippen LogP contribution is 2.27. The van der Waals surface area contributed by atoms with Crippen molar-refractivity contribution in [3.05, 3.63) is 0 Å². The Morgan fingerprint density at radius 2 is 1.83 bits per heavy atom. The zero-order valence-electron chi connectivity index (χ0n) is 12.6. The third kappa shape index (κ3) is 4.97. The average Bonchev–Trinajstić information content (AvgIpc) is 2.41. The fraction of sp³-hybridized carbons (Fsp3) is 0.933. The van der Waals surface area contributed by atoms with Crippen LogP contribution in [0.1, 0.15) is 66.2 Å². The van der Waals surface area contributed by atoms with E-state index in [1.807, 2.05) is 13.8 Å². The molecule has 0 saturated heterocycles. The summed E-state index contributed by atoms with van der Waals surface area (Å²) in [6, 6.07) is 0. The van der Waals surface area contributed by atoms with Crippen molar-refractivity contribution < 1.29 is 9.53 Å². The van der Waals surface area contributed by atoms with Gasteiger partial charge in [0.1, 0.15) is 0 Å². The molecule has 1 atom stereocenters. The minimum Gasteiger partial charge on any atom is -0.465 e. The van der Waals surface area contributed by atoms with Gasteiger partial charge in [-0.3, -0.25) is 4.79 Å². The van der Waals surface area contributed by atoms with Crippen molar-refractivity contribution in [2.24, 2.45) is 17.1 Å². The summed E-state index contributed by atoms with van der Waals surface area (Å²) in [6.07, 6.45) is 6.13. The smallest absolute Gasteiger partial charge is 0.313 e. The van der Waals surface area contributed by atoms with E-state index >= 15 is 0 Å². The summed E-state index contributed by atoms with van der Waals surface area (Å²) in [5.41, 5.74) is 5.28. The van der Waals surface area contributed by atoms with Crippen molar-refractivity contribution in [1.82, 2.24) is 0 Å². The number of esters is 1. The Balaban J connectivity index is 4.28. The molecule has 18 heavy (non-hydrogen) atoms. The largest absolute Gasteiger partial charge is 0.465 e. The SMILES string of the molecule is CCCCC(CC)COC(=O)C(CC)(CC)CN. The summed E-state index contributed by atoms with van der Waals surface area (Å²) in [7, 11) is 0. The van der Waals surface area contributed by atoms with E-state index < -0.39 is 5.41 Å². The van der Waals surface area contributed by atoms with E-state index in [1.54, 1.807) is 0 Å². The van der Waals surface area contributed by atoms with E-state index in [9.17, 15) is 4.79 Å². The fourth-order valence-corrected chi connectivity index (χ4v) is 2.16. The highest BCUT2D eigenvalue weighted by Gasteiger charge is 2.35. The molecule has 0 aliphatic carbocycles. The maximum Gasteiger partial charge on any atom is 0.313 e. The topological polar surface area (TPSA) is 52.3 Å². The lowest BCUT2D eigenvalue weighted by Gasteiger charge is -2.28. The first-order valence-corrected chi connectivity index (χ1v) is 7.47. The average molecular weight is 257 g/mol. The van der Waals surface area contributed by atoms with E-state index in [0.717, 1.165) is 25.7 Å². The summed E-state index contributed by atoms with van der Waals surface area (Å²) < 4.78 is 5.51. The van der Waals surface area contributed by atoms with E-state index in [0.29, 0.717) is 19.1 Å². The molecule has 0 aromatic heterocycles. The van der Waals surface area contributed by atoms with Gasteiger partial charge in [-0.15, -0.1) is 0 Å². The predicted octanol–water partition coefficient (Wildman–Crippen LogP) is 3.51. The second kappa shape index (κ2) is 9.37. The molecule has 3 heteroatoms. The standard InChI is InChI=1S/C15H31NO2/c1-5-9-10-13(6-2)11-18-14(17)15(7-3,8-4)12-16/h13H,5-12,16H2,1-4H3. The van der Waals surface area contributed by atoms with Crippen LogP contribution in [-0.4, -0.2) is 19.1 Å². The zero-order valence-corrected chi connectivity index (χ0v) is 12.6. The summed E-state index contributed by atoms with van der Waals surface area (Å²) in [5, 5.41) is 0. The molecule has 0 aliphatic heterocycles. The molecule has 0 rings (SSSR count). The number of hydrogen-bond donors (Lipinski definition) is 1. The Bertz CT molecular complexity index is 216. The Hall–Kier alpha value is -0.570. The molecule has 0 aromatic carbocycles. The summed E-state index contributed by atoms with van der Waals surface area (Å²) >= 11 is 0. The molecule has 0 bridgehead atoms. The van der Waals surface area contributed by atoms with Crippen LogP contribution >= 0.6 is 0 Å². The van der Waals surface area contributed by atoms with E-state index in [4.69, 9.17) is 10.5 Å². The molecule has 0 saturated carbocycles. The van der Waals surface area contributed by atoms with Crippen LogP contribution in [0.25, 0.3) is 0 Å². The Labute approximate surface area is 112 Å². The molecule has 0 fully saturated rings. The Morgan fingerprint density at radius 1 is 1.22 bits per heavy atom. The highest BCUT2D eigenvalue weighted by molar-refractivity contribution is 5.77. The van der Waals surface area contributed by atoms with Crippen molar-refractivity contribution in [1.29, 1.82) is 0 Å². The van der Waals surface area contributed by atoms with Crippen LogP contribution < -0.4 is 5.73 Å². The highest BCUT2D eigenvalue weighted by atomic mass is 16.5. The zero-order chi connectivity index (χ0) is 14.0. The molecular weight excluding hydrogens is 226 g/mol. The molecule has 0 amide bonds. The first-order valence-electron chi connectivity index (χ1n) is 7.47. The van der Waals surface area contributed by atoms with E-state index in [1.165, 1.54) is 12.8 Å². The molecule has 0 radical (unpaired) electrons. The van der Waals surface area contributed by atoms with E-state index in [2.05, 4.69) is 13.8 Å². The lowest BCUT2D eigenvalue weighted by Crippen LogP contribution is -2.39. The Kier molecular flexibility index (Phi) is 9.08. The van der Waals surface area contributed by atoms with Crippen LogP contribution in [0, 0.1) is 11.3 Å². The van der Waals surface area contributed by atoms with Crippen molar-refractivity contribution in [3.63, 3.8) is 0 Å².